The number of para-hydroxylation sites is 5. The summed E-state index contributed by atoms with van der Waals surface area (Å²) in [5, 5.41) is 24.3. The van der Waals surface area contributed by atoms with Crippen LogP contribution in [0.5, 0.6) is 0 Å². The standard InChI is InChI=1S/C17H15ClFN3O.C17H13ClFN3.C17H11ClFN3.C17H13FN4.C9H13NO.C8H3Cl2FN2.Mn.H3N.2O/c18-17-21-15-13(7-4-8-14(15)19)16(22-17)20-12(10-23)9-11-5-2-1-3-6-11;2*18-17-21-15-13(7-4-8-14(15)19)16-20-12(10-22(16)17)9-11-5-2-1-3-6-11;18-14-8-4-7-13-15(14)21-17(19)22-10-12(20-16(13)22)9-11-5-2-1-3-6-11;10-9(7-11)6-8-4-2-1-3-5-8;9-7-4-2-1-3-5(11)6(4)12-8(10)13-7;;;;/h1-8,12,23H,9-10H2,(H,20,21,22);1-8,12H,9-10H2;1-8,10H,9H2;1-8,10H,9H2,(H2,19,21);1-5,9,11H,6-7,10H2;1-3H;;1H3;;. The zero-order valence-corrected chi connectivity index (χ0v) is 66.6. The third-order valence-corrected chi connectivity index (χ3v) is 19.1. The molecule has 117 heavy (non-hydrogen) atoms. The van der Waals surface area contributed by atoms with Crippen LogP contribution in [-0.2, 0) is 54.6 Å². The van der Waals surface area contributed by atoms with Crippen LogP contribution in [0.15, 0.2) is 265 Å². The van der Waals surface area contributed by atoms with Gasteiger partial charge in [-0.25, -0.2) is 66.8 Å². The number of fused-ring (bicyclic) bond motifs is 11. The Morgan fingerprint density at radius 2 is 0.897 bits per heavy atom. The maximum atomic E-state index is 13.9. The normalized spacial score (nSPS) is 12.8. The van der Waals surface area contributed by atoms with Crippen molar-refractivity contribution in [3.8, 4) is 0 Å². The molecule has 21 nitrogen and oxygen atoms in total. The van der Waals surface area contributed by atoms with Gasteiger partial charge in [0.05, 0.1) is 36.7 Å². The first-order valence-electron chi connectivity index (χ1n) is 35.7. The average molecular weight is 1720 g/mol. The van der Waals surface area contributed by atoms with E-state index in [1.165, 1.54) is 41.5 Å². The van der Waals surface area contributed by atoms with Gasteiger partial charge in [-0.3, -0.25) is 18.7 Å². The van der Waals surface area contributed by atoms with E-state index in [0.29, 0.717) is 70.0 Å². The van der Waals surface area contributed by atoms with Crippen molar-refractivity contribution in [1.29, 1.82) is 0 Å². The summed E-state index contributed by atoms with van der Waals surface area (Å²) in [4.78, 5) is 43.8. The number of rotatable bonds is 14. The number of hydrogen-bond acceptors (Lipinski definition) is 19. The van der Waals surface area contributed by atoms with E-state index < -0.39 is 32.3 Å². The van der Waals surface area contributed by atoms with Gasteiger partial charge in [0.15, 0.2) is 0 Å². The number of nitrogens with two attached hydrogens (primary N) is 2. The van der Waals surface area contributed by atoms with Gasteiger partial charge < -0.3 is 33.1 Å². The van der Waals surface area contributed by atoms with E-state index in [2.05, 4.69) is 62.3 Å². The molecule has 0 radical (unpaired) electrons. The molecular weight excluding hydrogens is 1650 g/mol. The van der Waals surface area contributed by atoms with Crippen LogP contribution < -0.4 is 22.9 Å². The fourth-order valence-corrected chi connectivity index (χ4v) is 13.7. The summed E-state index contributed by atoms with van der Waals surface area (Å²) < 4.78 is 88.9. The summed E-state index contributed by atoms with van der Waals surface area (Å²) >= 11 is 28.1. The molecule has 0 saturated carbocycles. The molecule has 32 heteroatoms. The van der Waals surface area contributed by atoms with Crippen LogP contribution in [-0.4, -0.2) is 113 Å². The number of anilines is 2. The number of aliphatic hydroxyl groups excluding tert-OH is 2. The van der Waals surface area contributed by atoms with Gasteiger partial charge >= 0.3 is 22.5 Å². The average Bonchev–Trinajstić information content (AvgIpc) is 1.61. The third kappa shape index (κ3) is 22.2. The number of aliphatic imine (C=N–C) groups is 2. The molecule has 6 aromatic heterocycles. The fraction of sp³-hybridized carbons (Fsp3) is 0.129. The molecule has 0 bridgehead atoms. The van der Waals surface area contributed by atoms with Gasteiger partial charge in [0, 0.05) is 64.9 Å². The van der Waals surface area contributed by atoms with E-state index in [1.54, 1.807) is 63.4 Å². The Kier molecular flexibility index (Phi) is 30.5. The SMILES string of the molecule is Fc1cccc2c(Cl)nc(Cl)nc12.Fc1cccc2c1N=C(Cl)N1CC(Cc3ccccc3)N=C21.Fc1cccc2c1nc(Cl)n1cc(Cc3ccccc3)nc21.N.NC(CO)Cc1ccccc1.Nc1nc2c(F)cccc2c2nc(Cc3ccccc3)cn12.OCC(Cc1ccccc1)Nc1nc(Cl)nc2c(F)cccc12.[O]=[Mn]=[O]. The first-order chi connectivity index (χ1) is 56.3. The van der Waals surface area contributed by atoms with Gasteiger partial charge in [0.2, 0.25) is 27.1 Å². The third-order valence-electron chi connectivity index (χ3n) is 17.9. The van der Waals surface area contributed by atoms with Crippen molar-refractivity contribution in [3.63, 3.8) is 0 Å². The summed E-state index contributed by atoms with van der Waals surface area (Å²) in [6.07, 6.45) is 7.27. The van der Waals surface area contributed by atoms with Crippen molar-refractivity contribution in [1.82, 2.24) is 59.7 Å². The molecule has 0 saturated heterocycles. The van der Waals surface area contributed by atoms with E-state index >= 15 is 0 Å². The second-order valence-corrected chi connectivity index (χ2v) is 27.9. The van der Waals surface area contributed by atoms with Crippen LogP contribution in [0.1, 0.15) is 44.8 Å². The topological polar surface area (TPSA) is 314 Å². The monoisotopic (exact) mass is 1720 g/mol. The second-order valence-electron chi connectivity index (χ2n) is 26.0. The Bertz CT molecular complexity index is 6040. The molecule has 10 aromatic carbocycles. The van der Waals surface area contributed by atoms with Crippen molar-refractivity contribution in [2.45, 2.75) is 50.2 Å². The van der Waals surface area contributed by atoms with Crippen LogP contribution in [0.25, 0.3) is 54.9 Å². The minimum atomic E-state index is -1.44. The molecule has 0 amide bonds. The molecule has 3 unspecified atom stereocenters. The number of hydrogen-bond donors (Lipinski definition) is 6. The van der Waals surface area contributed by atoms with Crippen molar-refractivity contribution >= 4 is 141 Å². The van der Waals surface area contributed by atoms with Crippen molar-refractivity contribution < 1.29 is 54.7 Å². The van der Waals surface area contributed by atoms with E-state index in [4.69, 9.17) is 87.2 Å². The number of nitrogens with one attached hydrogen (secondary N) is 1. The van der Waals surface area contributed by atoms with Gasteiger partial charge in [-0.15, -0.1) is 0 Å². The number of halogens is 10. The molecule has 8 heterocycles. The van der Waals surface area contributed by atoms with Crippen LogP contribution in [0, 0.1) is 29.1 Å². The predicted octanol–water partition coefficient (Wildman–Crippen LogP) is 18.2. The molecule has 3 atom stereocenters. The Morgan fingerprint density at radius 3 is 1.42 bits per heavy atom. The quantitative estimate of drug-likeness (QED) is 0.0194. The van der Waals surface area contributed by atoms with E-state index in [9.17, 15) is 27.1 Å². The molecule has 16 aromatic rings. The zero-order valence-electron chi connectivity index (χ0n) is 61.7. The molecule has 0 fully saturated rings. The molecule has 2 aliphatic heterocycles. The first kappa shape index (κ1) is 86.3. The number of nitrogens with zero attached hydrogens (tertiary/aromatic N) is 13. The second kappa shape index (κ2) is 41.3. The number of aromatic nitrogens is 10. The number of benzene rings is 10. The number of aliphatic hydroxyl groups is 2. The summed E-state index contributed by atoms with van der Waals surface area (Å²) in [6, 6.07) is 73.4. The van der Waals surface area contributed by atoms with Crippen LogP contribution in [0.4, 0.5) is 39.4 Å². The predicted molar refractivity (Wildman–Crippen MR) is 446 cm³/mol. The number of amidine groups is 2. The van der Waals surface area contributed by atoms with Crippen LogP contribution >= 0.6 is 58.0 Å². The van der Waals surface area contributed by atoms with E-state index in [1.807, 2.05) is 163 Å². The summed E-state index contributed by atoms with van der Waals surface area (Å²) in [5.41, 5.74) is 22.1. The Hall–Kier alpha value is -11.6. The Balaban J connectivity index is 0.000000139. The van der Waals surface area contributed by atoms with Gasteiger partial charge in [-0.05, 0) is 154 Å². The van der Waals surface area contributed by atoms with E-state index in [-0.39, 0.29) is 109 Å². The van der Waals surface area contributed by atoms with Gasteiger partial charge in [0.25, 0.3) is 0 Å². The molecule has 2 aliphatic rings. The molecule has 0 aliphatic carbocycles. The van der Waals surface area contributed by atoms with E-state index in [0.717, 1.165) is 46.8 Å². The molecule has 10 N–H and O–H groups in total. The van der Waals surface area contributed by atoms with Crippen LogP contribution in [0.2, 0.25) is 21.0 Å². The number of nitrogen functional groups attached to an aromatic ring is 1. The van der Waals surface area contributed by atoms with Gasteiger partial charge in [0.1, 0.15) is 84.9 Å². The van der Waals surface area contributed by atoms with Crippen molar-refractivity contribution in [2.24, 2.45) is 15.7 Å². The summed E-state index contributed by atoms with van der Waals surface area (Å²) in [7, 11) is 0. The van der Waals surface area contributed by atoms with Gasteiger partial charge in [-0.1, -0.05) is 194 Å². The zero-order chi connectivity index (χ0) is 81.8. The fourth-order valence-electron chi connectivity index (χ4n) is 12.7. The molecular formula is C85H71Cl5F5MnN17O4. The summed E-state index contributed by atoms with van der Waals surface area (Å²) in [6.45, 7) is 0.630. The Labute approximate surface area is 697 Å². The Morgan fingerprint density at radius 1 is 0.470 bits per heavy atom. The van der Waals surface area contributed by atoms with Crippen molar-refractivity contribution in [2.75, 3.05) is 30.8 Å². The summed E-state index contributed by atoms with van der Waals surface area (Å²) in [5.74, 6) is -0.704. The molecule has 0 spiro atoms. The van der Waals surface area contributed by atoms with Gasteiger partial charge in [-0.2, -0.15) is 0 Å². The van der Waals surface area contributed by atoms with Crippen molar-refractivity contribution in [3.05, 3.63) is 350 Å². The maximum absolute atomic E-state index is 13.9. The molecule has 18 rings (SSSR count). The number of imidazole rings is 2. The van der Waals surface area contributed by atoms with Crippen LogP contribution in [0.3, 0.4) is 0 Å². The molecule has 597 valence electrons. The minimum absolute atomic E-state index is 0. The first-order valence-corrected chi connectivity index (χ1v) is 38.6.